The molecule has 214 valence electrons. The van der Waals surface area contributed by atoms with Gasteiger partial charge in [-0.05, 0) is 52.2 Å². The maximum absolute atomic E-state index is 5.38. The smallest absolute Gasteiger partial charge is 0.235 e. The lowest BCUT2D eigenvalue weighted by atomic mass is 9.98. The molecule has 3 heterocycles. The number of hydrogen-bond donors (Lipinski definition) is 0. The van der Waals surface area contributed by atoms with E-state index in [0.717, 1.165) is 33.2 Å². The van der Waals surface area contributed by atoms with Crippen molar-refractivity contribution in [2.75, 3.05) is 0 Å². The lowest BCUT2D eigenvalue weighted by Gasteiger charge is -2.13. The van der Waals surface area contributed by atoms with Crippen LogP contribution < -0.4 is 0 Å². The van der Waals surface area contributed by atoms with Gasteiger partial charge in [-0.2, -0.15) is 0 Å². The van der Waals surface area contributed by atoms with Gasteiger partial charge in [0, 0.05) is 41.9 Å². The van der Waals surface area contributed by atoms with E-state index in [2.05, 4.69) is 156 Å². The van der Waals surface area contributed by atoms with Crippen molar-refractivity contribution in [2.24, 2.45) is 0 Å². The third-order valence-electron chi connectivity index (χ3n) is 9.20. The van der Waals surface area contributed by atoms with Crippen LogP contribution in [-0.2, 0) is 0 Å². The number of benzene rings is 7. The van der Waals surface area contributed by atoms with Crippen LogP contribution in [0.15, 0.2) is 152 Å². The van der Waals surface area contributed by atoms with Crippen molar-refractivity contribution in [1.82, 2.24) is 14.5 Å². The highest BCUT2D eigenvalue weighted by Gasteiger charge is 2.19. The molecule has 0 aliphatic carbocycles. The molecule has 3 aromatic heterocycles. The number of rotatable bonds is 3. The molecular formula is C42H25N3S. The Hall–Kier alpha value is -5.84. The maximum atomic E-state index is 5.38. The first kappa shape index (κ1) is 25.5. The number of thiophene rings is 1. The molecule has 7 aromatic carbocycles. The zero-order chi connectivity index (χ0) is 30.2. The monoisotopic (exact) mass is 603 g/mol. The van der Waals surface area contributed by atoms with Gasteiger partial charge >= 0.3 is 0 Å². The van der Waals surface area contributed by atoms with Gasteiger partial charge in [0.1, 0.15) is 0 Å². The molecule has 10 rings (SSSR count). The van der Waals surface area contributed by atoms with E-state index in [9.17, 15) is 0 Å². The van der Waals surface area contributed by atoms with Crippen molar-refractivity contribution in [1.29, 1.82) is 0 Å². The van der Waals surface area contributed by atoms with E-state index in [4.69, 9.17) is 9.97 Å². The number of fused-ring (bicyclic) bond motifs is 9. The molecule has 0 saturated heterocycles. The van der Waals surface area contributed by atoms with E-state index >= 15 is 0 Å². The summed E-state index contributed by atoms with van der Waals surface area (Å²) in [5.41, 5.74) is 7.55. The Morgan fingerprint density at radius 2 is 1.20 bits per heavy atom. The summed E-state index contributed by atoms with van der Waals surface area (Å²) in [5, 5.41) is 8.54. The molecule has 0 radical (unpaired) electrons. The summed E-state index contributed by atoms with van der Waals surface area (Å²) in [6, 6.07) is 54.1. The Morgan fingerprint density at radius 1 is 0.478 bits per heavy atom. The van der Waals surface area contributed by atoms with Gasteiger partial charge in [-0.25, -0.2) is 9.97 Å². The number of para-hydroxylation sites is 2. The Morgan fingerprint density at radius 3 is 2.13 bits per heavy atom. The highest BCUT2D eigenvalue weighted by atomic mass is 32.1. The van der Waals surface area contributed by atoms with Crippen molar-refractivity contribution >= 4 is 75.0 Å². The van der Waals surface area contributed by atoms with Crippen LogP contribution in [0.2, 0.25) is 0 Å². The maximum Gasteiger partial charge on any atom is 0.235 e. The van der Waals surface area contributed by atoms with E-state index < -0.39 is 0 Å². The SMILES string of the molecule is c1cc(-c2nc(-n3c4ccccc4c4c5ccccc5ccc43)nc3ccccc23)cc(-c2cccc3c2sc2ccccc23)c1. The van der Waals surface area contributed by atoms with Gasteiger partial charge in [0.15, 0.2) is 0 Å². The van der Waals surface area contributed by atoms with Gasteiger partial charge in [0.2, 0.25) is 5.95 Å². The lowest BCUT2D eigenvalue weighted by molar-refractivity contribution is 1.01. The van der Waals surface area contributed by atoms with Crippen LogP contribution in [-0.4, -0.2) is 14.5 Å². The minimum atomic E-state index is 0.673. The fourth-order valence-electron chi connectivity index (χ4n) is 7.15. The second-order valence-electron chi connectivity index (χ2n) is 11.8. The molecular weight excluding hydrogens is 579 g/mol. The first-order valence-electron chi connectivity index (χ1n) is 15.5. The van der Waals surface area contributed by atoms with Crippen molar-refractivity contribution in [3.63, 3.8) is 0 Å². The first-order chi connectivity index (χ1) is 22.8. The predicted molar refractivity (Wildman–Crippen MR) is 195 cm³/mol. The molecule has 0 aliphatic heterocycles. The number of aromatic nitrogens is 3. The molecule has 0 N–H and O–H groups in total. The van der Waals surface area contributed by atoms with E-state index in [1.165, 1.54) is 52.8 Å². The van der Waals surface area contributed by atoms with Crippen molar-refractivity contribution < 1.29 is 0 Å². The van der Waals surface area contributed by atoms with Crippen LogP contribution in [0.25, 0.3) is 92.0 Å². The summed E-state index contributed by atoms with van der Waals surface area (Å²) in [4.78, 5) is 10.6. The zero-order valence-corrected chi connectivity index (χ0v) is 25.5. The first-order valence-corrected chi connectivity index (χ1v) is 16.3. The van der Waals surface area contributed by atoms with Gasteiger partial charge in [-0.3, -0.25) is 4.57 Å². The van der Waals surface area contributed by atoms with Crippen LogP contribution in [0.1, 0.15) is 0 Å². The van der Waals surface area contributed by atoms with Crippen LogP contribution in [0.4, 0.5) is 0 Å². The van der Waals surface area contributed by atoms with Gasteiger partial charge in [-0.15, -0.1) is 11.3 Å². The molecule has 0 spiro atoms. The zero-order valence-electron chi connectivity index (χ0n) is 24.7. The fourth-order valence-corrected chi connectivity index (χ4v) is 8.39. The largest absolute Gasteiger partial charge is 0.278 e. The van der Waals surface area contributed by atoms with Crippen LogP contribution >= 0.6 is 11.3 Å². The molecule has 0 atom stereocenters. The molecule has 46 heavy (non-hydrogen) atoms. The second kappa shape index (κ2) is 9.83. The van der Waals surface area contributed by atoms with Crippen LogP contribution in [0.3, 0.4) is 0 Å². The van der Waals surface area contributed by atoms with Crippen LogP contribution in [0, 0.1) is 0 Å². The van der Waals surface area contributed by atoms with Crippen LogP contribution in [0.5, 0.6) is 0 Å². The molecule has 0 amide bonds. The molecule has 0 fully saturated rings. The third-order valence-corrected chi connectivity index (χ3v) is 10.4. The molecule has 10 aromatic rings. The Balaban J connectivity index is 1.23. The average Bonchev–Trinajstić information content (AvgIpc) is 3.67. The Kier molecular flexibility index (Phi) is 5.45. The van der Waals surface area contributed by atoms with Crippen molar-refractivity contribution in [3.05, 3.63) is 152 Å². The molecule has 3 nitrogen and oxygen atoms in total. The quantitative estimate of drug-likeness (QED) is 0.201. The summed E-state index contributed by atoms with van der Waals surface area (Å²) in [7, 11) is 0. The van der Waals surface area contributed by atoms with Crippen molar-refractivity contribution in [2.45, 2.75) is 0 Å². The topological polar surface area (TPSA) is 30.7 Å². The molecule has 0 bridgehead atoms. The predicted octanol–water partition coefficient (Wildman–Crippen LogP) is 11.6. The minimum Gasteiger partial charge on any atom is -0.278 e. The normalized spacial score (nSPS) is 11.9. The van der Waals surface area contributed by atoms with E-state index in [1.807, 2.05) is 11.3 Å². The van der Waals surface area contributed by atoms with Gasteiger partial charge in [0.25, 0.3) is 0 Å². The highest BCUT2D eigenvalue weighted by molar-refractivity contribution is 7.26. The number of nitrogens with zero attached hydrogens (tertiary/aromatic N) is 3. The summed E-state index contributed by atoms with van der Waals surface area (Å²) in [6.45, 7) is 0. The minimum absolute atomic E-state index is 0.673. The molecule has 0 unspecified atom stereocenters. The van der Waals surface area contributed by atoms with Gasteiger partial charge in [-0.1, -0.05) is 121 Å². The summed E-state index contributed by atoms with van der Waals surface area (Å²) in [6.07, 6.45) is 0. The summed E-state index contributed by atoms with van der Waals surface area (Å²) in [5.74, 6) is 0.673. The lowest BCUT2D eigenvalue weighted by Crippen LogP contribution is -2.03. The fraction of sp³-hybridized carbons (Fsp3) is 0. The van der Waals surface area contributed by atoms with E-state index in [-0.39, 0.29) is 0 Å². The summed E-state index contributed by atoms with van der Waals surface area (Å²) >= 11 is 1.86. The third kappa shape index (κ3) is 3.71. The highest BCUT2D eigenvalue weighted by Crippen LogP contribution is 2.41. The summed E-state index contributed by atoms with van der Waals surface area (Å²) < 4.78 is 4.85. The van der Waals surface area contributed by atoms with E-state index in [1.54, 1.807) is 0 Å². The Labute approximate surface area is 268 Å². The van der Waals surface area contributed by atoms with Gasteiger partial charge < -0.3 is 0 Å². The molecule has 0 saturated carbocycles. The second-order valence-corrected chi connectivity index (χ2v) is 12.8. The van der Waals surface area contributed by atoms with Crippen molar-refractivity contribution in [3.8, 4) is 28.3 Å². The molecule has 0 aliphatic rings. The average molecular weight is 604 g/mol. The Bertz CT molecular complexity index is 2820. The molecule has 4 heteroatoms. The standard InChI is InChI=1S/C42H25N3S/c1-2-14-29-26(11-1)23-24-37-39(29)34-17-4-7-21-36(34)45(37)42-43-35-20-6-3-16-33(35)40(44-42)28-13-9-12-27(25-28)30-18-10-19-32-31-15-5-8-22-38(31)46-41(30)32/h1-25H. The number of hydrogen-bond acceptors (Lipinski definition) is 3. The van der Waals surface area contributed by atoms with E-state index in [0.29, 0.717) is 5.95 Å². The van der Waals surface area contributed by atoms with Gasteiger partial charge in [0.05, 0.1) is 22.2 Å².